The van der Waals surface area contributed by atoms with Gasteiger partial charge in [0.15, 0.2) is 0 Å². The second-order valence-electron chi connectivity index (χ2n) is 5.47. The summed E-state index contributed by atoms with van der Waals surface area (Å²) in [5.74, 6) is 0. The maximum Gasteiger partial charge on any atom is 0.0614 e. The summed E-state index contributed by atoms with van der Waals surface area (Å²) in [5.41, 5.74) is 3.92. The van der Waals surface area contributed by atoms with E-state index < -0.39 is 0 Å². The van der Waals surface area contributed by atoms with Gasteiger partial charge in [0, 0.05) is 24.3 Å². The van der Waals surface area contributed by atoms with Crippen LogP contribution in [0.15, 0.2) is 18.2 Å². The topological polar surface area (TPSA) is 35.5 Å². The van der Waals surface area contributed by atoms with E-state index in [9.17, 15) is 5.11 Å². The molecule has 1 aliphatic rings. The molecule has 3 heteroatoms. The van der Waals surface area contributed by atoms with Crippen molar-refractivity contribution >= 4 is 5.69 Å². The van der Waals surface area contributed by atoms with E-state index in [2.05, 4.69) is 42.3 Å². The number of aliphatic hydroxyl groups excluding tert-OH is 1. The maximum absolute atomic E-state index is 9.51. The number of benzene rings is 1. The van der Waals surface area contributed by atoms with Crippen LogP contribution in [0.2, 0.25) is 0 Å². The number of nitrogens with zero attached hydrogens (tertiary/aromatic N) is 1. The summed E-state index contributed by atoms with van der Waals surface area (Å²) in [4.78, 5) is 2.43. The number of hydrogen-bond donors (Lipinski definition) is 2. The Kier molecular flexibility index (Phi) is 3.93. The lowest BCUT2D eigenvalue weighted by atomic mass is 9.88. The molecule has 2 N–H and O–H groups in total. The summed E-state index contributed by atoms with van der Waals surface area (Å²) in [5, 5.41) is 12.8. The number of aliphatic hydroxyl groups is 1. The molecule has 0 atom stereocenters. The van der Waals surface area contributed by atoms with Crippen molar-refractivity contribution in [2.24, 2.45) is 0 Å². The highest BCUT2D eigenvalue weighted by atomic mass is 16.3. The Labute approximate surface area is 110 Å². The number of nitrogens with one attached hydrogen (secondary N) is 1. The van der Waals surface area contributed by atoms with Crippen molar-refractivity contribution in [3.8, 4) is 0 Å². The zero-order valence-electron chi connectivity index (χ0n) is 11.7. The lowest BCUT2D eigenvalue weighted by Crippen LogP contribution is -2.54. The molecule has 0 saturated carbocycles. The van der Waals surface area contributed by atoms with Crippen molar-refractivity contribution in [2.75, 3.05) is 31.6 Å². The van der Waals surface area contributed by atoms with Gasteiger partial charge in [0.2, 0.25) is 0 Å². The van der Waals surface area contributed by atoms with Crippen molar-refractivity contribution in [1.29, 1.82) is 0 Å². The highest BCUT2D eigenvalue weighted by Crippen LogP contribution is 2.28. The van der Waals surface area contributed by atoms with Crippen LogP contribution in [0.4, 0.5) is 5.69 Å². The zero-order chi connectivity index (χ0) is 13.2. The molecule has 0 unspecified atom stereocenters. The molecule has 1 aromatic carbocycles. The number of anilines is 1. The predicted molar refractivity (Wildman–Crippen MR) is 76.2 cm³/mol. The van der Waals surface area contributed by atoms with Crippen molar-refractivity contribution in [1.82, 2.24) is 5.32 Å². The molecule has 100 valence electrons. The quantitative estimate of drug-likeness (QED) is 0.857. The molecule has 0 amide bonds. The fraction of sp³-hybridized carbons (Fsp3) is 0.600. The van der Waals surface area contributed by atoms with E-state index in [1.807, 2.05) is 7.05 Å². The third-order valence-electron chi connectivity index (χ3n) is 4.25. The van der Waals surface area contributed by atoms with Gasteiger partial charge < -0.3 is 15.3 Å². The molecular formula is C15H24N2O. The van der Waals surface area contributed by atoms with Crippen LogP contribution in [0.5, 0.6) is 0 Å². The molecule has 1 aliphatic heterocycles. The molecular weight excluding hydrogens is 224 g/mol. The van der Waals surface area contributed by atoms with Crippen molar-refractivity contribution in [2.45, 2.75) is 32.2 Å². The Morgan fingerprint density at radius 1 is 1.28 bits per heavy atom. The van der Waals surface area contributed by atoms with Gasteiger partial charge in [-0.15, -0.1) is 0 Å². The molecule has 1 saturated heterocycles. The molecule has 2 rings (SSSR count). The van der Waals surface area contributed by atoms with Crippen molar-refractivity contribution < 1.29 is 5.11 Å². The van der Waals surface area contributed by atoms with Crippen LogP contribution >= 0.6 is 0 Å². The number of piperidine rings is 1. The highest BCUT2D eigenvalue weighted by Gasteiger charge is 2.32. The third kappa shape index (κ3) is 2.52. The normalized spacial score (nSPS) is 19.0. The van der Waals surface area contributed by atoms with E-state index in [1.165, 1.54) is 16.8 Å². The minimum atomic E-state index is -0.0743. The average molecular weight is 248 g/mol. The first-order valence-corrected chi connectivity index (χ1v) is 6.72. The SMILES string of the molecule is CNC1(CO)CCN(c2ccc(C)cc2C)CC1. The Morgan fingerprint density at radius 2 is 1.94 bits per heavy atom. The van der Waals surface area contributed by atoms with Gasteiger partial charge in [-0.25, -0.2) is 0 Å². The van der Waals surface area contributed by atoms with E-state index in [4.69, 9.17) is 0 Å². The fourth-order valence-electron chi connectivity index (χ4n) is 2.82. The van der Waals surface area contributed by atoms with Gasteiger partial charge in [-0.2, -0.15) is 0 Å². The first-order valence-electron chi connectivity index (χ1n) is 6.72. The Bertz CT molecular complexity index is 403. The van der Waals surface area contributed by atoms with Gasteiger partial charge in [0.05, 0.1) is 6.61 Å². The van der Waals surface area contributed by atoms with Gasteiger partial charge in [0.1, 0.15) is 0 Å². The number of rotatable bonds is 3. The summed E-state index contributed by atoms with van der Waals surface area (Å²) in [7, 11) is 1.95. The lowest BCUT2D eigenvalue weighted by molar-refractivity contribution is 0.142. The smallest absolute Gasteiger partial charge is 0.0614 e. The minimum absolute atomic E-state index is 0.0743. The largest absolute Gasteiger partial charge is 0.394 e. The van der Waals surface area contributed by atoms with Gasteiger partial charge >= 0.3 is 0 Å². The summed E-state index contributed by atoms with van der Waals surface area (Å²) >= 11 is 0. The fourth-order valence-corrected chi connectivity index (χ4v) is 2.82. The zero-order valence-corrected chi connectivity index (χ0v) is 11.7. The van der Waals surface area contributed by atoms with Crippen LogP contribution in [0.25, 0.3) is 0 Å². The summed E-state index contributed by atoms with van der Waals surface area (Å²) < 4.78 is 0. The summed E-state index contributed by atoms with van der Waals surface area (Å²) in [6, 6.07) is 6.63. The highest BCUT2D eigenvalue weighted by molar-refractivity contribution is 5.54. The first kappa shape index (κ1) is 13.4. The molecule has 18 heavy (non-hydrogen) atoms. The van der Waals surface area contributed by atoms with E-state index in [0.29, 0.717) is 0 Å². The number of aryl methyl sites for hydroxylation is 2. The second-order valence-corrected chi connectivity index (χ2v) is 5.47. The van der Waals surface area contributed by atoms with Crippen LogP contribution in [0, 0.1) is 13.8 Å². The summed E-state index contributed by atoms with van der Waals surface area (Å²) in [6.45, 7) is 6.54. The molecule has 0 aromatic heterocycles. The average Bonchev–Trinajstić information content (AvgIpc) is 2.39. The van der Waals surface area contributed by atoms with E-state index in [1.54, 1.807) is 0 Å². The van der Waals surface area contributed by atoms with Crippen molar-refractivity contribution in [3.05, 3.63) is 29.3 Å². The molecule has 1 aromatic rings. The second kappa shape index (κ2) is 5.29. The standard InChI is InChI=1S/C15H24N2O/c1-12-4-5-14(13(2)10-12)17-8-6-15(11-18,16-3)7-9-17/h4-5,10,16,18H,6-9,11H2,1-3H3. The minimum Gasteiger partial charge on any atom is -0.394 e. The lowest BCUT2D eigenvalue weighted by Gasteiger charge is -2.42. The first-order chi connectivity index (χ1) is 8.60. The molecule has 1 heterocycles. The van der Waals surface area contributed by atoms with Gasteiger partial charge in [-0.1, -0.05) is 17.7 Å². The van der Waals surface area contributed by atoms with Crippen molar-refractivity contribution in [3.63, 3.8) is 0 Å². The molecule has 0 bridgehead atoms. The van der Waals surface area contributed by atoms with Gasteiger partial charge in [0.25, 0.3) is 0 Å². The van der Waals surface area contributed by atoms with Crippen LogP contribution in [-0.4, -0.2) is 37.4 Å². The van der Waals surface area contributed by atoms with Crippen LogP contribution in [0.1, 0.15) is 24.0 Å². The van der Waals surface area contributed by atoms with Crippen LogP contribution in [-0.2, 0) is 0 Å². The number of likely N-dealkylation sites (N-methyl/N-ethyl adjacent to an activating group) is 1. The van der Waals surface area contributed by atoms with E-state index >= 15 is 0 Å². The Morgan fingerprint density at radius 3 is 2.44 bits per heavy atom. The predicted octanol–water partition coefficient (Wildman–Crippen LogP) is 1.85. The van der Waals surface area contributed by atoms with E-state index in [0.717, 1.165) is 25.9 Å². The molecule has 1 fully saturated rings. The van der Waals surface area contributed by atoms with E-state index in [-0.39, 0.29) is 12.1 Å². The molecule has 3 nitrogen and oxygen atoms in total. The maximum atomic E-state index is 9.51. The van der Waals surface area contributed by atoms with Crippen LogP contribution < -0.4 is 10.2 Å². The number of hydrogen-bond acceptors (Lipinski definition) is 3. The Hall–Kier alpha value is -1.06. The molecule has 0 radical (unpaired) electrons. The molecule has 0 aliphatic carbocycles. The molecule has 0 spiro atoms. The van der Waals surface area contributed by atoms with Gasteiger partial charge in [-0.05, 0) is 45.4 Å². The third-order valence-corrected chi connectivity index (χ3v) is 4.25. The summed E-state index contributed by atoms with van der Waals surface area (Å²) in [6.07, 6.45) is 1.99. The van der Waals surface area contributed by atoms with Crippen LogP contribution in [0.3, 0.4) is 0 Å². The van der Waals surface area contributed by atoms with Gasteiger partial charge in [-0.3, -0.25) is 0 Å². The monoisotopic (exact) mass is 248 g/mol. The Balaban J connectivity index is 2.10.